The maximum Gasteiger partial charge on any atom is 0.167 e. The van der Waals surface area contributed by atoms with Gasteiger partial charge >= 0.3 is 0 Å². The normalized spacial score (nSPS) is 13.0. The Hall–Kier alpha value is -20.7. The monoisotopic (exact) mass is 1920 g/mol. The number of aromatic nitrogens is 9. The minimum Gasteiger partial charge on any atom is -0.457 e. The first-order chi connectivity index (χ1) is 74.2. The minimum atomic E-state index is -0.591. The number of para-hydroxylation sites is 5. The Balaban J connectivity index is 0.000000111. The molecular weight excluding hydrogens is 1840 g/mol. The van der Waals surface area contributed by atoms with E-state index in [0.717, 1.165) is 140 Å². The summed E-state index contributed by atoms with van der Waals surface area (Å²) in [5.74, 6) is 9.78. The largest absolute Gasteiger partial charge is 0.457 e. The molecule has 698 valence electrons. The maximum absolute atomic E-state index is 9.37. The first kappa shape index (κ1) is 88.2. The SMILES string of the molecule is N#Cc1ccc(-c2ccc(-c3nc(-c4ccccc4)nc(-c4ccc5c(c4)C4(c6ccccc6O5)c5ccccc5-c5ccccc54)n3)cc2)cc1.N#Cc1ccc(-c2ccc(-c3nc(-c4ccccc4)nc(-c4cccc5c4Oc4ccccc4C54c5ccccc5-c5ccccc54)n3)cc2)cc1.N#Cc1ccc(-c2nc(-c3ccccc3)nc(-c3cccc4c3Oc3ccccc3C43c4ccccc4-c4ccccc43)n2)cc1. The highest BCUT2D eigenvalue weighted by Crippen LogP contribution is 2.67. The molecule has 3 spiro atoms. The van der Waals surface area contributed by atoms with Crippen molar-refractivity contribution in [3.63, 3.8) is 0 Å². The van der Waals surface area contributed by atoms with Crippen molar-refractivity contribution in [3.8, 4) is 211 Å². The molecule has 6 heterocycles. The van der Waals surface area contributed by atoms with Gasteiger partial charge in [0.2, 0.25) is 0 Å². The zero-order valence-corrected chi connectivity index (χ0v) is 80.3. The summed E-state index contributed by atoms with van der Waals surface area (Å²) >= 11 is 0. The highest BCUT2D eigenvalue weighted by Gasteiger charge is 2.55. The summed E-state index contributed by atoms with van der Waals surface area (Å²) in [7, 11) is 0. The maximum atomic E-state index is 9.37. The first-order valence-corrected chi connectivity index (χ1v) is 49.7. The second-order valence-electron chi connectivity index (χ2n) is 37.6. The van der Waals surface area contributed by atoms with Gasteiger partial charge < -0.3 is 14.2 Å². The van der Waals surface area contributed by atoms with Crippen molar-refractivity contribution in [1.29, 1.82) is 15.8 Å². The van der Waals surface area contributed by atoms with E-state index in [-0.39, 0.29) is 0 Å². The number of hydrogen-bond acceptors (Lipinski definition) is 15. The molecule has 0 fully saturated rings. The lowest BCUT2D eigenvalue weighted by Gasteiger charge is -2.39. The van der Waals surface area contributed by atoms with E-state index in [2.05, 4.69) is 285 Å². The van der Waals surface area contributed by atoms with Gasteiger partial charge in [0, 0.05) is 72.3 Å². The van der Waals surface area contributed by atoms with Crippen LogP contribution in [0.1, 0.15) is 83.5 Å². The molecule has 150 heavy (non-hydrogen) atoms. The molecule has 15 heteroatoms. The van der Waals surface area contributed by atoms with Crippen LogP contribution in [0.3, 0.4) is 0 Å². The number of benzene rings is 20. The summed E-state index contributed by atoms with van der Waals surface area (Å²) < 4.78 is 20.5. The van der Waals surface area contributed by atoms with E-state index in [9.17, 15) is 15.8 Å². The fraction of sp³-hybridized carbons (Fsp3) is 0.0222. The Morgan fingerprint density at radius 3 is 0.647 bits per heavy atom. The highest BCUT2D eigenvalue weighted by atomic mass is 16.5. The molecule has 0 bridgehead atoms. The summed E-state index contributed by atoms with van der Waals surface area (Å²) in [6.45, 7) is 0. The molecule has 0 atom stereocenters. The molecule has 6 aliphatic rings. The molecule has 29 rings (SSSR count). The zero-order chi connectivity index (χ0) is 100.0. The molecule has 0 radical (unpaired) electrons. The third kappa shape index (κ3) is 14.4. The van der Waals surface area contributed by atoms with E-state index >= 15 is 0 Å². The van der Waals surface area contributed by atoms with E-state index in [1.54, 1.807) is 12.1 Å². The number of rotatable bonds is 11. The Morgan fingerprint density at radius 2 is 0.347 bits per heavy atom. The summed E-state index contributed by atoms with van der Waals surface area (Å²) in [6.07, 6.45) is 0. The van der Waals surface area contributed by atoms with Gasteiger partial charge in [-0.3, -0.25) is 0 Å². The molecular formula is C135H80N12O3. The van der Waals surface area contributed by atoms with Crippen molar-refractivity contribution in [2.24, 2.45) is 0 Å². The smallest absolute Gasteiger partial charge is 0.167 e. The van der Waals surface area contributed by atoms with Gasteiger partial charge in [0.15, 0.2) is 52.4 Å². The highest BCUT2D eigenvalue weighted by molar-refractivity contribution is 5.95. The fourth-order valence-corrected chi connectivity index (χ4v) is 22.9. The third-order valence-corrected chi connectivity index (χ3v) is 29.6. The van der Waals surface area contributed by atoms with Crippen LogP contribution >= 0.6 is 0 Å². The Morgan fingerprint density at radius 1 is 0.147 bits per heavy atom. The van der Waals surface area contributed by atoms with Crippen molar-refractivity contribution >= 4 is 0 Å². The first-order valence-electron chi connectivity index (χ1n) is 49.7. The summed E-state index contributed by atoms with van der Waals surface area (Å²) in [5, 5.41) is 27.8. The molecule has 23 aromatic rings. The predicted octanol–water partition coefficient (Wildman–Crippen LogP) is 31.0. The second kappa shape index (κ2) is 36.3. The van der Waals surface area contributed by atoms with Gasteiger partial charge in [-0.25, -0.2) is 44.9 Å². The van der Waals surface area contributed by atoms with Crippen LogP contribution in [0.4, 0.5) is 0 Å². The van der Waals surface area contributed by atoms with Crippen LogP contribution in [0.15, 0.2) is 485 Å². The number of nitrogens with zero attached hydrogens (tertiary/aromatic N) is 12. The van der Waals surface area contributed by atoms with E-state index < -0.39 is 16.2 Å². The lowest BCUT2D eigenvalue weighted by Crippen LogP contribution is -2.32. The Kier molecular flexibility index (Phi) is 21.4. The minimum absolute atomic E-state index is 0.513. The van der Waals surface area contributed by atoms with Crippen LogP contribution in [0.25, 0.3) is 158 Å². The average Bonchev–Trinajstić information content (AvgIpc) is 1.40. The van der Waals surface area contributed by atoms with Gasteiger partial charge in [-0.2, -0.15) is 15.8 Å². The summed E-state index contributed by atoms with van der Waals surface area (Å²) in [5.41, 5.74) is 33.1. The van der Waals surface area contributed by atoms with Crippen LogP contribution < -0.4 is 14.2 Å². The Labute approximate surface area is 864 Å². The van der Waals surface area contributed by atoms with Crippen molar-refractivity contribution in [1.82, 2.24) is 44.9 Å². The molecule has 20 aromatic carbocycles. The van der Waals surface area contributed by atoms with E-state index in [1.807, 2.05) is 206 Å². The van der Waals surface area contributed by atoms with Crippen molar-refractivity contribution in [3.05, 3.63) is 569 Å². The number of nitriles is 3. The van der Waals surface area contributed by atoms with Crippen molar-refractivity contribution in [2.45, 2.75) is 16.2 Å². The average molecular weight is 1920 g/mol. The summed E-state index contributed by atoms with van der Waals surface area (Å²) in [6, 6.07) is 172. The summed E-state index contributed by atoms with van der Waals surface area (Å²) in [4.78, 5) is 45.4. The van der Waals surface area contributed by atoms with E-state index in [1.165, 1.54) is 66.8 Å². The molecule has 3 aliphatic heterocycles. The van der Waals surface area contributed by atoms with Gasteiger partial charge in [-0.05, 0) is 186 Å². The molecule has 3 aliphatic carbocycles. The second-order valence-corrected chi connectivity index (χ2v) is 37.6. The lowest BCUT2D eigenvalue weighted by atomic mass is 9.66. The lowest BCUT2D eigenvalue weighted by molar-refractivity contribution is 0.436. The number of fused-ring (bicyclic) bond motifs is 27. The molecule has 0 saturated carbocycles. The van der Waals surface area contributed by atoms with E-state index in [4.69, 9.17) is 59.1 Å². The van der Waals surface area contributed by atoms with Gasteiger partial charge in [0.25, 0.3) is 0 Å². The van der Waals surface area contributed by atoms with E-state index in [0.29, 0.717) is 69.1 Å². The van der Waals surface area contributed by atoms with Crippen molar-refractivity contribution < 1.29 is 14.2 Å². The molecule has 3 aromatic heterocycles. The standard InChI is InChI=1S/2C47H28N4O.C41H24N4O/c48-29-30-21-23-31(24-22-30)32-25-27-34(28-26-32)45-49-44(33-11-2-1-3-12-33)50-46(51-45)37-15-10-19-41-43(37)52-42-20-9-8-18-40(42)47(41)38-16-6-4-13-35(38)36-14-5-7-17-39(36)47;48-29-30-18-20-31(21-19-30)32-22-24-34(25-23-32)45-49-44(33-10-2-1-3-11-33)50-46(51-45)35-26-27-43-41(28-35)47(40-16-8-9-17-42(40)52-43)38-14-6-4-12-36(38)37-13-5-7-15-39(37)47;42-25-26-21-23-28(24-22-26)39-43-38(27-11-2-1-3-12-27)44-40(45-39)31-15-10-19-35-37(31)46-36-20-9-8-18-34(36)41(35)32-16-6-4-13-29(32)30-14-5-7-17-33(30)41/h2*1-28H;1-24H. The van der Waals surface area contributed by atoms with Crippen LogP contribution in [-0.4, -0.2) is 44.9 Å². The fourth-order valence-electron chi connectivity index (χ4n) is 22.9. The number of ether oxygens (including phenoxy) is 3. The zero-order valence-electron chi connectivity index (χ0n) is 80.3. The quantitative estimate of drug-likeness (QED) is 0.118. The van der Waals surface area contributed by atoms with Crippen LogP contribution in [0, 0.1) is 34.0 Å². The molecule has 0 amide bonds. The molecule has 0 unspecified atom stereocenters. The topological polar surface area (TPSA) is 215 Å². The van der Waals surface area contributed by atoms with Crippen LogP contribution in [0.2, 0.25) is 0 Å². The van der Waals surface area contributed by atoms with Crippen LogP contribution in [0.5, 0.6) is 34.5 Å². The Bertz CT molecular complexity index is 9270. The predicted molar refractivity (Wildman–Crippen MR) is 586 cm³/mol. The van der Waals surface area contributed by atoms with Gasteiger partial charge in [-0.1, -0.05) is 388 Å². The van der Waals surface area contributed by atoms with Gasteiger partial charge in [-0.15, -0.1) is 0 Å². The van der Waals surface area contributed by atoms with Gasteiger partial charge in [0.1, 0.15) is 34.5 Å². The third-order valence-electron chi connectivity index (χ3n) is 29.6. The molecule has 0 N–H and O–H groups in total. The molecule has 15 nitrogen and oxygen atoms in total. The van der Waals surface area contributed by atoms with Crippen LogP contribution in [-0.2, 0) is 16.2 Å². The van der Waals surface area contributed by atoms with Crippen molar-refractivity contribution in [2.75, 3.05) is 0 Å². The molecule has 0 saturated heterocycles. The van der Waals surface area contributed by atoms with Gasteiger partial charge in [0.05, 0.1) is 62.3 Å². The number of hydrogen-bond donors (Lipinski definition) is 0.